The van der Waals surface area contributed by atoms with Crippen molar-refractivity contribution < 1.29 is 4.79 Å². The van der Waals surface area contributed by atoms with E-state index in [0.717, 1.165) is 0 Å². The standard InChI is InChI=1S/C9H7N5O3/c15-7(11-5-3-1-2-4-10-5)6-8(16)12-9(17)14-13-6/h1-4H,(H,10,11,15)(H2,12,14,16,17). The van der Waals surface area contributed by atoms with Gasteiger partial charge in [-0.25, -0.2) is 14.9 Å². The van der Waals surface area contributed by atoms with Crippen molar-refractivity contribution in [1.82, 2.24) is 20.2 Å². The molecule has 0 radical (unpaired) electrons. The van der Waals surface area contributed by atoms with Crippen LogP contribution in [-0.4, -0.2) is 26.1 Å². The molecule has 86 valence electrons. The highest BCUT2D eigenvalue weighted by atomic mass is 16.2. The SMILES string of the molecule is O=C(Nc1ccccn1)c1n[nH]c(=O)[nH]c1=O. The minimum atomic E-state index is -0.859. The summed E-state index contributed by atoms with van der Waals surface area (Å²) in [5.41, 5.74) is -2.07. The van der Waals surface area contributed by atoms with Gasteiger partial charge >= 0.3 is 5.69 Å². The van der Waals surface area contributed by atoms with Crippen LogP contribution in [0, 0.1) is 0 Å². The lowest BCUT2D eigenvalue weighted by Crippen LogP contribution is -2.32. The zero-order chi connectivity index (χ0) is 12.3. The second kappa shape index (κ2) is 4.39. The number of amides is 1. The Kier molecular flexibility index (Phi) is 2.77. The van der Waals surface area contributed by atoms with E-state index in [1.165, 1.54) is 6.20 Å². The minimum absolute atomic E-state index is 0.282. The second-order valence-electron chi connectivity index (χ2n) is 3.02. The fourth-order valence-electron chi connectivity index (χ4n) is 1.11. The highest BCUT2D eigenvalue weighted by molar-refractivity contribution is 6.01. The Hall–Kier alpha value is -2.77. The first-order chi connectivity index (χ1) is 8.16. The summed E-state index contributed by atoms with van der Waals surface area (Å²) in [4.78, 5) is 39.3. The normalized spacial score (nSPS) is 9.88. The van der Waals surface area contributed by atoms with Crippen LogP contribution in [0.15, 0.2) is 34.0 Å². The highest BCUT2D eigenvalue weighted by Gasteiger charge is 2.13. The second-order valence-corrected chi connectivity index (χ2v) is 3.02. The number of carbonyl (C=O) groups is 1. The van der Waals surface area contributed by atoms with Crippen molar-refractivity contribution >= 4 is 11.7 Å². The molecule has 0 saturated carbocycles. The van der Waals surface area contributed by atoms with Crippen molar-refractivity contribution in [2.24, 2.45) is 0 Å². The Morgan fingerprint density at radius 3 is 2.76 bits per heavy atom. The molecule has 0 aliphatic carbocycles. The van der Waals surface area contributed by atoms with Crippen LogP contribution in [-0.2, 0) is 0 Å². The van der Waals surface area contributed by atoms with E-state index in [1.54, 1.807) is 18.2 Å². The molecule has 17 heavy (non-hydrogen) atoms. The van der Waals surface area contributed by atoms with Crippen LogP contribution in [0.25, 0.3) is 0 Å². The van der Waals surface area contributed by atoms with Gasteiger partial charge in [0.15, 0.2) is 0 Å². The maximum atomic E-state index is 11.6. The first kappa shape index (κ1) is 10.7. The molecule has 0 unspecified atom stereocenters. The maximum absolute atomic E-state index is 11.6. The van der Waals surface area contributed by atoms with Crippen molar-refractivity contribution in [2.45, 2.75) is 0 Å². The number of H-pyrrole nitrogens is 2. The van der Waals surface area contributed by atoms with Crippen molar-refractivity contribution in [1.29, 1.82) is 0 Å². The third kappa shape index (κ3) is 2.43. The third-order valence-electron chi connectivity index (χ3n) is 1.83. The van der Waals surface area contributed by atoms with Crippen LogP contribution in [0.3, 0.4) is 0 Å². The molecule has 0 saturated heterocycles. The predicted molar refractivity (Wildman–Crippen MR) is 57.7 cm³/mol. The quantitative estimate of drug-likeness (QED) is 0.621. The third-order valence-corrected chi connectivity index (χ3v) is 1.83. The molecule has 2 rings (SSSR count). The molecule has 0 aliphatic heterocycles. The molecule has 3 N–H and O–H groups in total. The van der Waals surface area contributed by atoms with Gasteiger partial charge in [-0.1, -0.05) is 6.07 Å². The summed E-state index contributed by atoms with van der Waals surface area (Å²) in [5, 5.41) is 7.68. The Morgan fingerprint density at radius 1 is 1.29 bits per heavy atom. The lowest BCUT2D eigenvalue weighted by molar-refractivity contribution is 0.101. The first-order valence-electron chi connectivity index (χ1n) is 4.58. The lowest BCUT2D eigenvalue weighted by atomic mass is 10.4. The molecule has 8 heteroatoms. The van der Waals surface area contributed by atoms with E-state index in [4.69, 9.17) is 0 Å². The molecule has 0 bridgehead atoms. The summed E-state index contributed by atoms with van der Waals surface area (Å²) in [6, 6.07) is 4.91. The molecule has 2 heterocycles. The molecule has 0 aliphatic rings. The van der Waals surface area contributed by atoms with Crippen LogP contribution in [0.2, 0.25) is 0 Å². The van der Waals surface area contributed by atoms with Crippen molar-refractivity contribution in [2.75, 3.05) is 5.32 Å². The van der Waals surface area contributed by atoms with Crippen molar-refractivity contribution in [3.63, 3.8) is 0 Å². The summed E-state index contributed by atoms with van der Waals surface area (Å²) >= 11 is 0. The van der Waals surface area contributed by atoms with Crippen LogP contribution in [0.4, 0.5) is 5.82 Å². The van der Waals surface area contributed by atoms with Gasteiger partial charge in [-0.3, -0.25) is 14.6 Å². The average Bonchev–Trinajstić information content (AvgIpc) is 2.30. The summed E-state index contributed by atoms with van der Waals surface area (Å²) in [5.74, 6) is -0.467. The van der Waals surface area contributed by atoms with Gasteiger partial charge in [0, 0.05) is 6.20 Å². The van der Waals surface area contributed by atoms with E-state index in [2.05, 4.69) is 15.4 Å². The van der Waals surface area contributed by atoms with Crippen molar-refractivity contribution in [3.8, 4) is 0 Å². The number of hydrogen-bond donors (Lipinski definition) is 3. The van der Waals surface area contributed by atoms with Gasteiger partial charge in [0.2, 0.25) is 5.69 Å². The molecule has 0 aromatic carbocycles. The topological polar surface area (TPSA) is 121 Å². The van der Waals surface area contributed by atoms with Crippen LogP contribution >= 0.6 is 0 Å². The number of aromatic amines is 2. The van der Waals surface area contributed by atoms with E-state index < -0.39 is 22.9 Å². The average molecular weight is 233 g/mol. The van der Waals surface area contributed by atoms with Crippen LogP contribution in [0.5, 0.6) is 0 Å². The first-order valence-corrected chi connectivity index (χ1v) is 4.58. The fourth-order valence-corrected chi connectivity index (χ4v) is 1.11. The van der Waals surface area contributed by atoms with E-state index in [-0.39, 0.29) is 5.82 Å². The summed E-state index contributed by atoms with van der Waals surface area (Å²) in [7, 11) is 0. The molecular weight excluding hydrogens is 226 g/mol. The number of carbonyl (C=O) groups excluding carboxylic acids is 1. The van der Waals surface area contributed by atoms with Crippen LogP contribution < -0.4 is 16.6 Å². The number of hydrogen-bond acceptors (Lipinski definition) is 5. The van der Waals surface area contributed by atoms with Gasteiger partial charge < -0.3 is 5.32 Å². The zero-order valence-corrected chi connectivity index (χ0v) is 8.43. The van der Waals surface area contributed by atoms with E-state index in [0.29, 0.717) is 0 Å². The monoisotopic (exact) mass is 233 g/mol. The molecule has 0 spiro atoms. The number of anilines is 1. The van der Waals surface area contributed by atoms with E-state index in [9.17, 15) is 14.4 Å². The van der Waals surface area contributed by atoms with Gasteiger partial charge in [0.25, 0.3) is 11.5 Å². The molecule has 1 amide bonds. The van der Waals surface area contributed by atoms with Gasteiger partial charge in [0.1, 0.15) is 5.82 Å². The Labute approximate surface area is 93.7 Å². The molecule has 0 fully saturated rings. The summed E-state index contributed by atoms with van der Waals surface area (Å²) in [6.07, 6.45) is 1.49. The van der Waals surface area contributed by atoms with Crippen LogP contribution in [0.1, 0.15) is 10.5 Å². The zero-order valence-electron chi connectivity index (χ0n) is 8.43. The maximum Gasteiger partial charge on any atom is 0.342 e. The summed E-state index contributed by atoms with van der Waals surface area (Å²) in [6.45, 7) is 0. The smallest absolute Gasteiger partial charge is 0.305 e. The number of nitrogens with one attached hydrogen (secondary N) is 3. The lowest BCUT2D eigenvalue weighted by Gasteiger charge is -2.01. The largest absolute Gasteiger partial charge is 0.342 e. The van der Waals surface area contributed by atoms with E-state index >= 15 is 0 Å². The number of rotatable bonds is 2. The van der Waals surface area contributed by atoms with Gasteiger partial charge in [-0.15, -0.1) is 0 Å². The number of aromatic nitrogens is 4. The molecule has 2 aromatic rings. The number of nitrogens with zero attached hydrogens (tertiary/aromatic N) is 2. The van der Waals surface area contributed by atoms with Gasteiger partial charge in [0.05, 0.1) is 0 Å². The Balaban J connectivity index is 2.27. The summed E-state index contributed by atoms with van der Waals surface area (Å²) < 4.78 is 0. The highest BCUT2D eigenvalue weighted by Crippen LogP contribution is 2.00. The number of pyridine rings is 1. The predicted octanol–water partition coefficient (Wildman–Crippen LogP) is -0.895. The van der Waals surface area contributed by atoms with E-state index in [1.807, 2.05) is 10.1 Å². The molecular formula is C9H7N5O3. The molecule has 0 atom stereocenters. The molecule has 8 nitrogen and oxygen atoms in total. The Morgan fingerprint density at radius 2 is 2.12 bits per heavy atom. The minimum Gasteiger partial charge on any atom is -0.305 e. The fraction of sp³-hybridized carbons (Fsp3) is 0. The van der Waals surface area contributed by atoms with Gasteiger partial charge in [-0.05, 0) is 12.1 Å². The Bertz CT molecular complexity index is 645. The van der Waals surface area contributed by atoms with Gasteiger partial charge in [-0.2, -0.15) is 5.10 Å². The molecule has 2 aromatic heterocycles. The van der Waals surface area contributed by atoms with Crippen molar-refractivity contribution in [3.05, 3.63) is 50.9 Å².